The fourth-order valence-electron chi connectivity index (χ4n) is 6.68. The topological polar surface area (TPSA) is 0 Å². The number of rotatable bonds is 21. The summed E-state index contributed by atoms with van der Waals surface area (Å²) in [6.45, 7) is 30.7. The second kappa shape index (κ2) is 20.5. The van der Waals surface area contributed by atoms with Gasteiger partial charge in [0.25, 0.3) is 0 Å². The standard InChI is InChI=1S/C46H76S/c1-34(2)24-18-14-15-22-28-40-38(27-21-16-19-25-35(3)4)32-42(46(11,12)13)41(29-23-17-20-26-36(5)6)44(40)47-43-33-39(45(8,9)10)31-30-37(43)7/h30,33-36H,14-29H2,1-13H3. The molecule has 0 aliphatic rings. The highest BCUT2D eigenvalue weighted by molar-refractivity contribution is 7.99. The van der Waals surface area contributed by atoms with E-state index in [9.17, 15) is 0 Å². The van der Waals surface area contributed by atoms with Gasteiger partial charge in [-0.05, 0) is 126 Å². The molecule has 0 unspecified atom stereocenters. The number of hydrogen-bond donors (Lipinski definition) is 0. The largest absolute Gasteiger partial charge is 0.0892 e. The molecule has 2 aromatic rings. The molecule has 1 heteroatoms. The van der Waals surface area contributed by atoms with Crippen LogP contribution in [0.15, 0.2) is 21.9 Å². The Kier molecular flexibility index (Phi) is 18.3. The van der Waals surface area contributed by atoms with Crippen LogP contribution in [0.1, 0.15) is 200 Å². The average Bonchev–Trinajstić information content (AvgIpc) is 2.95. The first-order valence-corrected chi connectivity index (χ1v) is 20.6. The van der Waals surface area contributed by atoms with Crippen LogP contribution in [0, 0.1) is 36.8 Å². The fourth-order valence-corrected chi connectivity index (χ4v) is 7.97. The monoisotopic (exact) mass is 661 g/mol. The van der Waals surface area contributed by atoms with Crippen molar-refractivity contribution in [3.8, 4) is 0 Å². The summed E-state index contributed by atoms with van der Waals surface area (Å²) in [6.07, 6.45) is 20.8. The van der Waals surface area contributed by atoms with Gasteiger partial charge in [0, 0.05) is 9.79 Å². The molecule has 0 saturated heterocycles. The van der Waals surface area contributed by atoms with Gasteiger partial charge >= 0.3 is 0 Å². The molecule has 0 fully saturated rings. The Bertz CT molecular complexity index is 1170. The van der Waals surface area contributed by atoms with Gasteiger partial charge in [0.15, 0.2) is 0 Å². The fraction of sp³-hybridized carbons (Fsp3) is 0.739. The molecule has 0 bridgehead atoms. The highest BCUT2D eigenvalue weighted by atomic mass is 32.2. The van der Waals surface area contributed by atoms with Gasteiger partial charge in [-0.15, -0.1) is 0 Å². The van der Waals surface area contributed by atoms with E-state index in [1.807, 2.05) is 0 Å². The first-order valence-electron chi connectivity index (χ1n) is 19.8. The molecule has 0 spiro atoms. The maximum atomic E-state index is 4.20. The van der Waals surface area contributed by atoms with E-state index in [-0.39, 0.29) is 10.8 Å². The average molecular weight is 661 g/mol. The molecule has 2 aromatic carbocycles. The first kappa shape index (κ1) is 42.0. The van der Waals surface area contributed by atoms with Crippen molar-refractivity contribution in [1.82, 2.24) is 0 Å². The van der Waals surface area contributed by atoms with Crippen LogP contribution in [0.4, 0.5) is 0 Å². The number of unbranched alkanes of at least 4 members (excludes halogenated alkanes) is 7. The minimum Gasteiger partial charge on any atom is -0.0892 e. The molecule has 0 heterocycles. The molecule has 0 N–H and O–H groups in total. The maximum absolute atomic E-state index is 4.20. The molecule has 47 heavy (non-hydrogen) atoms. The van der Waals surface area contributed by atoms with Gasteiger partial charge in [-0.25, -0.2) is 0 Å². The van der Waals surface area contributed by atoms with E-state index in [4.69, 9.17) is 0 Å². The van der Waals surface area contributed by atoms with Crippen LogP contribution in [-0.4, -0.2) is 0 Å². The summed E-state index contributed by atoms with van der Waals surface area (Å²) >= 11 is 2.09. The second-order valence-corrected chi connectivity index (χ2v) is 19.1. The van der Waals surface area contributed by atoms with Crippen LogP contribution in [0.3, 0.4) is 0 Å². The highest BCUT2D eigenvalue weighted by Gasteiger charge is 2.26. The van der Waals surface area contributed by atoms with E-state index in [2.05, 4.69) is 126 Å². The molecule has 0 saturated carbocycles. The van der Waals surface area contributed by atoms with Gasteiger partial charge in [0.05, 0.1) is 0 Å². The van der Waals surface area contributed by atoms with Crippen molar-refractivity contribution in [2.75, 3.05) is 0 Å². The lowest BCUT2D eigenvalue weighted by Gasteiger charge is -2.29. The number of hydrogen-bond acceptors (Lipinski definition) is 1. The van der Waals surface area contributed by atoms with Gasteiger partial charge in [-0.3, -0.25) is 0 Å². The lowest BCUT2D eigenvalue weighted by Crippen LogP contribution is -2.18. The summed E-state index contributed by atoms with van der Waals surface area (Å²) in [5, 5.41) is 0. The Morgan fingerprint density at radius 1 is 0.596 bits per heavy atom. The summed E-state index contributed by atoms with van der Waals surface area (Å²) in [5.41, 5.74) is 9.08. The van der Waals surface area contributed by atoms with Gasteiger partial charge in [0.2, 0.25) is 0 Å². The normalized spacial score (nSPS) is 12.7. The van der Waals surface area contributed by atoms with Crippen LogP contribution >= 0.6 is 11.8 Å². The molecule has 0 atom stereocenters. The van der Waals surface area contributed by atoms with Crippen molar-refractivity contribution in [2.24, 2.45) is 17.8 Å². The Morgan fingerprint density at radius 2 is 1.06 bits per heavy atom. The van der Waals surface area contributed by atoms with E-state index < -0.39 is 0 Å². The zero-order valence-electron chi connectivity index (χ0n) is 33.6. The summed E-state index contributed by atoms with van der Waals surface area (Å²) in [6, 6.07) is 12.5. The Hall–Kier alpha value is -1.21. The summed E-state index contributed by atoms with van der Waals surface area (Å²) < 4.78 is 0. The van der Waals surface area contributed by atoms with Crippen LogP contribution < -0.4 is 0 Å². The van der Waals surface area contributed by atoms with Gasteiger partial charge in [0.1, 0.15) is 0 Å². The van der Waals surface area contributed by atoms with Gasteiger partial charge in [-0.1, -0.05) is 165 Å². The molecule has 0 aromatic heterocycles. The minimum atomic E-state index is 0.0699. The molecule has 0 nitrogen and oxygen atoms in total. The summed E-state index contributed by atoms with van der Waals surface area (Å²) in [4.78, 5) is 3.01. The summed E-state index contributed by atoms with van der Waals surface area (Å²) in [5.74, 6) is 2.40. The molecular weight excluding hydrogens is 585 g/mol. The molecule has 0 amide bonds. The van der Waals surface area contributed by atoms with E-state index >= 15 is 0 Å². The predicted octanol–water partition coefficient (Wildman–Crippen LogP) is 15.0. The van der Waals surface area contributed by atoms with E-state index in [0.29, 0.717) is 0 Å². The van der Waals surface area contributed by atoms with Crippen molar-refractivity contribution in [3.05, 3.63) is 57.6 Å². The smallest absolute Gasteiger partial charge is 0.0192 e. The molecule has 2 radical (unpaired) electrons. The predicted molar refractivity (Wildman–Crippen MR) is 212 cm³/mol. The van der Waals surface area contributed by atoms with Crippen molar-refractivity contribution in [3.63, 3.8) is 0 Å². The van der Waals surface area contributed by atoms with E-state index in [0.717, 1.165) is 17.8 Å². The maximum Gasteiger partial charge on any atom is 0.0192 e. The third kappa shape index (κ3) is 15.5. The van der Waals surface area contributed by atoms with Crippen molar-refractivity contribution in [2.45, 2.75) is 213 Å². The first-order chi connectivity index (χ1) is 22.0. The molecule has 0 aliphatic carbocycles. The van der Waals surface area contributed by atoms with Gasteiger partial charge in [-0.2, -0.15) is 0 Å². The second-order valence-electron chi connectivity index (χ2n) is 18.1. The molecule has 2 rings (SSSR count). The van der Waals surface area contributed by atoms with Crippen LogP contribution in [-0.2, 0) is 30.1 Å². The number of aryl methyl sites for hydroxylation is 2. The quantitative estimate of drug-likeness (QED) is 0.120. The van der Waals surface area contributed by atoms with Crippen molar-refractivity contribution in [1.29, 1.82) is 0 Å². The zero-order valence-corrected chi connectivity index (χ0v) is 34.4. The molecular formula is C46H76S. The summed E-state index contributed by atoms with van der Waals surface area (Å²) in [7, 11) is 0. The Labute approximate surface area is 299 Å². The van der Waals surface area contributed by atoms with Crippen molar-refractivity contribution >= 4 is 11.8 Å². The van der Waals surface area contributed by atoms with Gasteiger partial charge < -0.3 is 0 Å². The third-order valence-corrected chi connectivity index (χ3v) is 11.1. The van der Waals surface area contributed by atoms with Crippen LogP contribution in [0.2, 0.25) is 0 Å². The number of benzene rings is 2. The lowest BCUT2D eigenvalue weighted by molar-refractivity contribution is 0.516. The van der Waals surface area contributed by atoms with Crippen LogP contribution in [0.25, 0.3) is 0 Å². The SMILES string of the molecule is Cc1c[c]c(C(C)(C)C)cc1Sc1c(CCCCCCC(C)C)c(CCCCCC(C)C)[c]c(C(C)(C)C)c1CCCCCC(C)C. The Morgan fingerprint density at radius 3 is 1.55 bits per heavy atom. The highest BCUT2D eigenvalue weighted by Crippen LogP contribution is 2.44. The van der Waals surface area contributed by atoms with Crippen molar-refractivity contribution < 1.29 is 0 Å². The minimum absolute atomic E-state index is 0.0699. The van der Waals surface area contributed by atoms with E-state index in [1.54, 1.807) is 16.0 Å². The third-order valence-electron chi connectivity index (χ3n) is 9.74. The molecule has 0 aliphatic heterocycles. The lowest BCUT2D eigenvalue weighted by atomic mass is 9.79. The van der Waals surface area contributed by atoms with Crippen LogP contribution in [0.5, 0.6) is 0 Å². The zero-order chi connectivity index (χ0) is 35.2. The molecule has 266 valence electrons. The Balaban J connectivity index is 2.65. The van der Waals surface area contributed by atoms with E-state index in [1.165, 1.54) is 130 Å².